The molecule has 0 saturated heterocycles. The molecule has 0 saturated carbocycles. The van der Waals surface area contributed by atoms with E-state index in [2.05, 4.69) is 64.0 Å². The molecule has 1 nitrogen and oxygen atoms in total. The van der Waals surface area contributed by atoms with Gasteiger partial charge >= 0.3 is 113 Å². The molecule has 1 aromatic carbocycles. The molecule has 0 atom stereocenters. The fourth-order valence-electron chi connectivity index (χ4n) is 1.30. The van der Waals surface area contributed by atoms with Gasteiger partial charge in [0.1, 0.15) is 0 Å². The molecule has 96 valence electrons. The van der Waals surface area contributed by atoms with E-state index in [0.717, 1.165) is 6.61 Å². The zero-order chi connectivity index (χ0) is 13.1. The minimum absolute atomic E-state index is 0.291. The molecule has 0 radical (unpaired) electrons. The summed E-state index contributed by atoms with van der Waals surface area (Å²) in [4.78, 5) is 0. The molecule has 1 rings (SSSR count). The van der Waals surface area contributed by atoms with Gasteiger partial charge in [0.2, 0.25) is 0 Å². The van der Waals surface area contributed by atoms with Gasteiger partial charge in [0.15, 0.2) is 0 Å². The summed E-state index contributed by atoms with van der Waals surface area (Å²) in [7, 11) is -1.62. The van der Waals surface area contributed by atoms with Crippen molar-refractivity contribution >= 4 is 27.7 Å². The Hall–Kier alpha value is -0.0836. The van der Waals surface area contributed by atoms with Gasteiger partial charge in [-0.2, -0.15) is 0 Å². The van der Waals surface area contributed by atoms with E-state index in [4.69, 9.17) is 4.43 Å². The van der Waals surface area contributed by atoms with E-state index < -0.39 is 8.32 Å². The topological polar surface area (TPSA) is 9.23 Å². The first kappa shape index (κ1) is 15.0. The maximum absolute atomic E-state index is 6.27. The Morgan fingerprint density at radius 3 is 2.29 bits per heavy atom. The number of rotatable bonds is 4. The van der Waals surface area contributed by atoms with Crippen LogP contribution in [0.1, 0.15) is 26.3 Å². The Kier molecular flexibility index (Phi) is 5.02. The van der Waals surface area contributed by atoms with Crippen molar-refractivity contribution < 1.29 is 4.43 Å². The summed E-state index contributed by atoms with van der Waals surface area (Å²) in [6.45, 7) is 12.3. The second-order valence-corrected chi connectivity index (χ2v) is 12.4. The van der Waals surface area contributed by atoms with E-state index >= 15 is 0 Å². The second kappa shape index (κ2) is 5.70. The Morgan fingerprint density at radius 1 is 1.18 bits per heavy atom. The van der Waals surface area contributed by atoms with Crippen LogP contribution in [0, 0.1) is 0 Å². The van der Waals surface area contributed by atoms with Gasteiger partial charge in [0.05, 0.1) is 0 Å². The van der Waals surface area contributed by atoms with Crippen molar-refractivity contribution in [2.45, 2.75) is 51.3 Å². The third kappa shape index (κ3) is 3.96. The summed E-state index contributed by atoms with van der Waals surface area (Å²) in [5.41, 5.74) is 1.37. The predicted molar refractivity (Wildman–Crippen MR) is 79.7 cm³/mol. The van der Waals surface area contributed by atoms with Crippen LogP contribution in [-0.2, 0) is 11.0 Å². The second-order valence-electron chi connectivity index (χ2n) is 5.86. The SMILES string of the molecule is C[Se]c1ccccc1CO[Si](C)(C)C(C)(C)C. The summed E-state index contributed by atoms with van der Waals surface area (Å²) in [5.74, 6) is 2.26. The summed E-state index contributed by atoms with van der Waals surface area (Å²) in [6, 6.07) is 8.66. The van der Waals surface area contributed by atoms with Crippen molar-refractivity contribution in [2.75, 3.05) is 0 Å². The van der Waals surface area contributed by atoms with Gasteiger partial charge in [-0.25, -0.2) is 0 Å². The van der Waals surface area contributed by atoms with Gasteiger partial charge in [0, 0.05) is 0 Å². The van der Waals surface area contributed by atoms with E-state index in [0.29, 0.717) is 20.0 Å². The maximum atomic E-state index is 6.27. The van der Waals surface area contributed by atoms with Gasteiger partial charge < -0.3 is 0 Å². The van der Waals surface area contributed by atoms with Crippen LogP contribution >= 0.6 is 0 Å². The summed E-state index contributed by atoms with van der Waals surface area (Å²) in [6.07, 6.45) is 0. The number of hydrogen-bond donors (Lipinski definition) is 0. The molecule has 0 aliphatic carbocycles. The van der Waals surface area contributed by atoms with Crippen LogP contribution in [0.3, 0.4) is 0 Å². The molecule has 0 fully saturated rings. The fraction of sp³-hybridized carbons (Fsp3) is 0.571. The fourth-order valence-corrected chi connectivity index (χ4v) is 3.51. The van der Waals surface area contributed by atoms with Crippen LogP contribution in [0.25, 0.3) is 0 Å². The van der Waals surface area contributed by atoms with Crippen molar-refractivity contribution in [3.05, 3.63) is 29.8 Å². The molecular weight excluding hydrogens is 291 g/mol. The average Bonchev–Trinajstić information content (AvgIpc) is 2.25. The number of benzene rings is 1. The summed E-state index contributed by atoms with van der Waals surface area (Å²) < 4.78 is 7.74. The van der Waals surface area contributed by atoms with Crippen molar-refractivity contribution in [1.82, 2.24) is 0 Å². The van der Waals surface area contributed by atoms with Crippen molar-refractivity contribution in [3.63, 3.8) is 0 Å². The normalized spacial score (nSPS) is 12.8. The summed E-state index contributed by atoms with van der Waals surface area (Å²) in [5, 5.41) is 0.291. The Balaban J connectivity index is 2.74. The van der Waals surface area contributed by atoms with Crippen molar-refractivity contribution in [3.8, 4) is 0 Å². The van der Waals surface area contributed by atoms with Crippen molar-refractivity contribution in [1.29, 1.82) is 0 Å². The molecule has 0 aliphatic heterocycles. The van der Waals surface area contributed by atoms with Gasteiger partial charge in [-0.1, -0.05) is 0 Å². The van der Waals surface area contributed by atoms with Gasteiger partial charge in [-0.05, 0) is 0 Å². The zero-order valence-corrected chi connectivity index (χ0v) is 14.5. The molecule has 0 amide bonds. The first-order chi connectivity index (χ1) is 7.78. The quantitative estimate of drug-likeness (QED) is 0.772. The van der Waals surface area contributed by atoms with Gasteiger partial charge in [-0.3, -0.25) is 0 Å². The molecular formula is C14H24OSeSi. The molecule has 1 aromatic rings. The number of hydrogen-bond acceptors (Lipinski definition) is 1. The van der Waals surface area contributed by atoms with E-state index in [1.165, 1.54) is 10.0 Å². The zero-order valence-electron chi connectivity index (χ0n) is 11.8. The van der Waals surface area contributed by atoms with Crippen LogP contribution < -0.4 is 4.46 Å². The average molecular weight is 315 g/mol. The molecule has 0 N–H and O–H groups in total. The van der Waals surface area contributed by atoms with Gasteiger partial charge in [-0.15, -0.1) is 0 Å². The van der Waals surface area contributed by atoms with Crippen LogP contribution in [-0.4, -0.2) is 23.3 Å². The van der Waals surface area contributed by atoms with E-state index in [-0.39, 0.29) is 0 Å². The standard InChI is InChI=1S/C14H24OSeSi/c1-14(2,3)17(5,6)15-11-12-9-7-8-10-13(12)16-4/h7-10H,11H2,1-6H3. The molecule has 3 heteroatoms. The minimum atomic E-state index is -1.62. The molecule has 0 spiro atoms. The van der Waals surface area contributed by atoms with Crippen LogP contribution in [0.2, 0.25) is 24.0 Å². The predicted octanol–water partition coefficient (Wildman–Crippen LogP) is 3.59. The molecule has 0 aliphatic rings. The molecule has 0 heterocycles. The molecule has 17 heavy (non-hydrogen) atoms. The first-order valence-corrected chi connectivity index (χ1v) is 11.5. The Labute approximate surface area is 113 Å². The first-order valence-electron chi connectivity index (χ1n) is 6.04. The van der Waals surface area contributed by atoms with E-state index in [1.54, 1.807) is 0 Å². The van der Waals surface area contributed by atoms with Crippen LogP contribution in [0.4, 0.5) is 0 Å². The van der Waals surface area contributed by atoms with Crippen LogP contribution in [0.15, 0.2) is 24.3 Å². The van der Waals surface area contributed by atoms with E-state index in [9.17, 15) is 0 Å². The third-order valence-electron chi connectivity index (χ3n) is 3.59. The Bertz CT molecular complexity index is 369. The van der Waals surface area contributed by atoms with E-state index in [1.807, 2.05) is 0 Å². The monoisotopic (exact) mass is 316 g/mol. The van der Waals surface area contributed by atoms with Crippen molar-refractivity contribution in [2.24, 2.45) is 0 Å². The molecule has 0 unspecified atom stereocenters. The molecule has 0 bridgehead atoms. The Morgan fingerprint density at radius 2 is 1.76 bits per heavy atom. The van der Waals surface area contributed by atoms with Crippen LogP contribution in [0.5, 0.6) is 0 Å². The van der Waals surface area contributed by atoms with Gasteiger partial charge in [0.25, 0.3) is 0 Å². The summed E-state index contributed by atoms with van der Waals surface area (Å²) >= 11 is 0.549. The third-order valence-corrected chi connectivity index (χ3v) is 9.82. The molecule has 0 aromatic heterocycles.